The lowest BCUT2D eigenvalue weighted by Gasteiger charge is -2.51. The van der Waals surface area contributed by atoms with Crippen molar-refractivity contribution in [3.8, 4) is 0 Å². The van der Waals surface area contributed by atoms with E-state index in [9.17, 15) is 4.79 Å². The fourth-order valence-corrected chi connectivity index (χ4v) is 5.27. The second kappa shape index (κ2) is 6.63. The van der Waals surface area contributed by atoms with Gasteiger partial charge in [0, 0.05) is 57.8 Å². The lowest BCUT2D eigenvalue weighted by Crippen LogP contribution is -2.64. The van der Waals surface area contributed by atoms with Crippen molar-refractivity contribution < 1.29 is 6.22 Å². The highest BCUT2D eigenvalue weighted by Gasteiger charge is 2.44. The Hall–Kier alpha value is -1.43. The van der Waals surface area contributed by atoms with Crippen molar-refractivity contribution in [3.63, 3.8) is 0 Å². The maximum absolute atomic E-state index is 12.9. The van der Waals surface area contributed by atoms with Crippen LogP contribution in [-0.4, -0.2) is 78.0 Å². The predicted octanol–water partition coefficient (Wildman–Crippen LogP) is 1.79. The lowest BCUT2D eigenvalue weighted by atomic mass is 9.85. The normalized spacial score (nSPS) is 26.9. The quantitative estimate of drug-likeness (QED) is 0.893. The van der Waals surface area contributed by atoms with Gasteiger partial charge in [0.15, 0.2) is 0 Å². The summed E-state index contributed by atoms with van der Waals surface area (Å²) in [4.78, 5) is 20.5. The average Bonchev–Trinajstić information content (AvgIpc) is 3.49. The molecule has 1 aliphatic carbocycles. The smallest absolute Gasteiger partial charge is 0.254 e. The van der Waals surface area contributed by atoms with Crippen molar-refractivity contribution in [2.24, 2.45) is 0 Å². The number of nitrogens with zero attached hydrogens (tertiary/aromatic N) is 3. The molecule has 0 atom stereocenters. The molecule has 0 aromatic heterocycles. The van der Waals surface area contributed by atoms with E-state index in [1.54, 1.807) is 0 Å². The number of piperidine rings is 1. The SMILES string of the molecule is O=C1c2ccccc2CN1CC1(N2CCN(C3CC3)CC2)CCNCC1.[HH]. The molecule has 1 N–H and O–H groups in total. The minimum Gasteiger partial charge on any atom is -0.332 e. The highest BCUT2D eigenvalue weighted by Crippen LogP contribution is 2.34. The molecule has 1 amide bonds. The Labute approximate surface area is 157 Å². The van der Waals surface area contributed by atoms with E-state index >= 15 is 0 Å². The van der Waals surface area contributed by atoms with Gasteiger partial charge in [0.2, 0.25) is 0 Å². The highest BCUT2D eigenvalue weighted by molar-refractivity contribution is 5.98. The van der Waals surface area contributed by atoms with Gasteiger partial charge in [-0.05, 0) is 50.4 Å². The van der Waals surface area contributed by atoms with E-state index in [-0.39, 0.29) is 12.9 Å². The highest BCUT2D eigenvalue weighted by atomic mass is 16.2. The summed E-state index contributed by atoms with van der Waals surface area (Å²) in [5.41, 5.74) is 2.26. The third-order valence-electron chi connectivity index (χ3n) is 6.96. The monoisotopic (exact) mass is 356 g/mol. The molecule has 0 unspecified atom stereocenters. The Morgan fingerprint density at radius 2 is 1.81 bits per heavy atom. The Morgan fingerprint density at radius 3 is 2.50 bits per heavy atom. The third-order valence-corrected chi connectivity index (χ3v) is 6.96. The van der Waals surface area contributed by atoms with Gasteiger partial charge >= 0.3 is 0 Å². The maximum Gasteiger partial charge on any atom is 0.254 e. The van der Waals surface area contributed by atoms with Crippen LogP contribution in [0.4, 0.5) is 0 Å². The maximum atomic E-state index is 12.9. The van der Waals surface area contributed by atoms with Crippen molar-refractivity contribution in [1.29, 1.82) is 0 Å². The molecule has 0 radical (unpaired) electrons. The standard InChI is InChI=1S/C21H30N4O.H2/c26-20-19-4-2-1-3-17(19)15-24(20)16-21(7-9-22-10-8-21)25-13-11-23(12-14-25)18-5-6-18;/h1-4,18,22H,5-16H2;1H. The fourth-order valence-electron chi connectivity index (χ4n) is 5.27. The van der Waals surface area contributed by atoms with Crippen molar-refractivity contribution in [2.75, 3.05) is 45.8 Å². The molecule has 5 rings (SSSR count). The third kappa shape index (κ3) is 2.96. The van der Waals surface area contributed by atoms with E-state index in [4.69, 9.17) is 0 Å². The number of hydrogen-bond donors (Lipinski definition) is 1. The van der Waals surface area contributed by atoms with Gasteiger partial charge in [-0.1, -0.05) is 18.2 Å². The van der Waals surface area contributed by atoms with Crippen LogP contribution in [0.1, 0.15) is 43.0 Å². The topological polar surface area (TPSA) is 38.8 Å². The summed E-state index contributed by atoms with van der Waals surface area (Å²) in [6.07, 6.45) is 5.10. The summed E-state index contributed by atoms with van der Waals surface area (Å²) in [6.45, 7) is 8.52. The Bertz CT molecular complexity index is 679. The molecule has 1 saturated carbocycles. The molecular formula is C21H32N4O. The molecule has 5 heteroatoms. The summed E-state index contributed by atoms with van der Waals surface area (Å²) in [5.74, 6) is 0.232. The molecule has 3 aliphatic heterocycles. The molecule has 0 spiro atoms. The van der Waals surface area contributed by atoms with E-state index in [2.05, 4.69) is 26.1 Å². The van der Waals surface area contributed by atoms with Crippen LogP contribution in [0.15, 0.2) is 24.3 Å². The minimum absolute atomic E-state index is 0. The molecule has 3 fully saturated rings. The van der Waals surface area contributed by atoms with Crippen LogP contribution in [0.2, 0.25) is 0 Å². The first-order chi connectivity index (χ1) is 12.8. The van der Waals surface area contributed by atoms with E-state index in [0.717, 1.165) is 63.7 Å². The van der Waals surface area contributed by atoms with Crippen LogP contribution >= 0.6 is 0 Å². The zero-order valence-electron chi connectivity index (χ0n) is 15.6. The molecule has 1 aromatic rings. The summed E-state index contributed by atoms with van der Waals surface area (Å²) < 4.78 is 0. The first-order valence-electron chi connectivity index (χ1n) is 10.3. The molecular weight excluding hydrogens is 324 g/mol. The van der Waals surface area contributed by atoms with Gasteiger partial charge < -0.3 is 10.2 Å². The lowest BCUT2D eigenvalue weighted by molar-refractivity contribution is -0.00988. The molecule has 26 heavy (non-hydrogen) atoms. The fraction of sp³-hybridized carbons (Fsp3) is 0.667. The number of benzene rings is 1. The van der Waals surface area contributed by atoms with Gasteiger partial charge in [0.05, 0.1) is 0 Å². The van der Waals surface area contributed by atoms with Gasteiger partial charge in [0.1, 0.15) is 0 Å². The first-order valence-corrected chi connectivity index (χ1v) is 10.3. The molecule has 4 aliphatic rings. The molecule has 1 aromatic carbocycles. The Kier molecular flexibility index (Phi) is 4.26. The van der Waals surface area contributed by atoms with Crippen LogP contribution in [0, 0.1) is 0 Å². The van der Waals surface area contributed by atoms with Gasteiger partial charge in [-0.3, -0.25) is 14.6 Å². The number of carbonyl (C=O) groups is 1. The van der Waals surface area contributed by atoms with Crippen LogP contribution in [0.5, 0.6) is 0 Å². The zero-order valence-corrected chi connectivity index (χ0v) is 15.6. The summed E-state index contributed by atoms with van der Waals surface area (Å²) >= 11 is 0. The summed E-state index contributed by atoms with van der Waals surface area (Å²) in [7, 11) is 0. The number of carbonyl (C=O) groups excluding carboxylic acids is 1. The second-order valence-corrected chi connectivity index (χ2v) is 8.55. The van der Waals surface area contributed by atoms with Crippen molar-refractivity contribution in [1.82, 2.24) is 20.0 Å². The first kappa shape index (κ1) is 16.7. The average molecular weight is 357 g/mol. The van der Waals surface area contributed by atoms with Crippen LogP contribution < -0.4 is 5.32 Å². The van der Waals surface area contributed by atoms with Crippen molar-refractivity contribution >= 4 is 5.91 Å². The van der Waals surface area contributed by atoms with Crippen LogP contribution in [-0.2, 0) is 6.54 Å². The van der Waals surface area contributed by atoms with Crippen molar-refractivity contribution in [2.45, 2.75) is 43.8 Å². The number of amides is 1. The number of fused-ring (bicyclic) bond motifs is 1. The van der Waals surface area contributed by atoms with Gasteiger partial charge in [-0.2, -0.15) is 0 Å². The Morgan fingerprint density at radius 1 is 1.08 bits per heavy atom. The number of piperazine rings is 1. The molecule has 2 saturated heterocycles. The van der Waals surface area contributed by atoms with E-state index in [0.29, 0.717) is 0 Å². The predicted molar refractivity (Wildman–Crippen MR) is 104 cm³/mol. The minimum atomic E-state index is 0. The van der Waals surface area contributed by atoms with Gasteiger partial charge in [-0.25, -0.2) is 0 Å². The number of hydrogen-bond acceptors (Lipinski definition) is 4. The van der Waals surface area contributed by atoms with Crippen LogP contribution in [0.3, 0.4) is 0 Å². The van der Waals surface area contributed by atoms with Gasteiger partial charge in [-0.15, -0.1) is 0 Å². The zero-order chi connectivity index (χ0) is 17.6. The Balaban J connectivity index is 0.00000180. The number of nitrogens with one attached hydrogen (secondary N) is 1. The van der Waals surface area contributed by atoms with Crippen molar-refractivity contribution in [3.05, 3.63) is 35.4 Å². The molecule has 142 valence electrons. The van der Waals surface area contributed by atoms with Gasteiger partial charge in [0.25, 0.3) is 5.91 Å². The van der Waals surface area contributed by atoms with E-state index < -0.39 is 0 Å². The number of rotatable bonds is 4. The largest absolute Gasteiger partial charge is 0.332 e. The van der Waals surface area contributed by atoms with E-state index in [1.165, 1.54) is 31.5 Å². The summed E-state index contributed by atoms with van der Waals surface area (Å²) in [5, 5.41) is 3.53. The second-order valence-electron chi connectivity index (χ2n) is 8.55. The molecule has 3 heterocycles. The van der Waals surface area contributed by atoms with Crippen LogP contribution in [0.25, 0.3) is 0 Å². The summed E-state index contributed by atoms with van der Waals surface area (Å²) in [6, 6.07) is 9.00. The molecule has 5 nitrogen and oxygen atoms in total. The van der Waals surface area contributed by atoms with E-state index in [1.807, 2.05) is 18.2 Å². The molecule has 0 bridgehead atoms.